The minimum atomic E-state index is -0.207. The van der Waals surface area contributed by atoms with Crippen LogP contribution in [-0.2, 0) is 16.1 Å². The van der Waals surface area contributed by atoms with Crippen LogP contribution in [0.1, 0.15) is 19.2 Å². The van der Waals surface area contributed by atoms with E-state index in [9.17, 15) is 4.79 Å². The number of carbonyl (C=O) groups excluding carboxylic acids is 1. The van der Waals surface area contributed by atoms with Crippen molar-refractivity contribution in [3.8, 4) is 11.4 Å². The van der Waals surface area contributed by atoms with E-state index in [2.05, 4.69) is 15.6 Å². The summed E-state index contributed by atoms with van der Waals surface area (Å²) in [5.41, 5.74) is 3.20. The topological polar surface area (TPSA) is 77.2 Å². The van der Waals surface area contributed by atoms with Crippen LogP contribution in [-0.4, -0.2) is 22.7 Å². The molecule has 1 heterocycles. The second kappa shape index (κ2) is 6.65. The zero-order valence-corrected chi connectivity index (χ0v) is 10.6. The van der Waals surface area contributed by atoms with Crippen LogP contribution in [0.25, 0.3) is 11.4 Å². The number of carbonyl (C=O) groups is 1. The van der Waals surface area contributed by atoms with Crippen LogP contribution < -0.4 is 5.48 Å². The number of nitrogens with zero attached hydrogens (tertiary/aromatic N) is 2. The normalized spacial score (nSPS) is 10.4. The molecule has 0 saturated carbocycles. The molecule has 0 aliphatic rings. The molecule has 1 aromatic heterocycles. The van der Waals surface area contributed by atoms with Crippen molar-refractivity contribution in [2.45, 2.75) is 19.8 Å². The molecule has 0 fully saturated rings. The van der Waals surface area contributed by atoms with Crippen molar-refractivity contribution in [1.29, 1.82) is 0 Å². The highest BCUT2D eigenvalue weighted by Gasteiger charge is 2.10. The maximum atomic E-state index is 11.3. The van der Waals surface area contributed by atoms with Crippen molar-refractivity contribution in [2.24, 2.45) is 0 Å². The minimum Gasteiger partial charge on any atom is -0.339 e. The van der Waals surface area contributed by atoms with Gasteiger partial charge in [-0.1, -0.05) is 35.5 Å². The number of aryl methyl sites for hydroxylation is 1. The highest BCUT2D eigenvalue weighted by Crippen LogP contribution is 2.15. The van der Waals surface area contributed by atoms with E-state index in [0.717, 1.165) is 5.56 Å². The number of hydrogen-bond acceptors (Lipinski definition) is 5. The molecule has 6 nitrogen and oxygen atoms in total. The predicted molar refractivity (Wildman–Crippen MR) is 67.8 cm³/mol. The van der Waals surface area contributed by atoms with Crippen molar-refractivity contribution >= 4 is 5.91 Å². The molecule has 0 bridgehead atoms. The van der Waals surface area contributed by atoms with Crippen LogP contribution in [0.5, 0.6) is 0 Å². The third-order valence-corrected chi connectivity index (χ3v) is 2.40. The molecule has 6 heteroatoms. The van der Waals surface area contributed by atoms with E-state index in [1.54, 1.807) is 6.92 Å². The summed E-state index contributed by atoms with van der Waals surface area (Å²) in [5, 5.41) is 3.88. The monoisotopic (exact) mass is 261 g/mol. The lowest BCUT2D eigenvalue weighted by molar-refractivity contribution is -0.133. The van der Waals surface area contributed by atoms with E-state index in [0.29, 0.717) is 24.7 Å². The van der Waals surface area contributed by atoms with Crippen molar-refractivity contribution in [1.82, 2.24) is 15.6 Å². The average Bonchev–Trinajstić information content (AvgIpc) is 2.93. The largest absolute Gasteiger partial charge is 0.339 e. The van der Waals surface area contributed by atoms with Gasteiger partial charge in [-0.15, -0.1) is 0 Å². The van der Waals surface area contributed by atoms with Crippen molar-refractivity contribution in [2.75, 3.05) is 6.61 Å². The Balaban J connectivity index is 1.90. The summed E-state index contributed by atoms with van der Waals surface area (Å²) < 4.78 is 5.09. The van der Waals surface area contributed by atoms with Crippen molar-refractivity contribution < 1.29 is 14.2 Å². The second-order valence-electron chi connectivity index (χ2n) is 3.84. The Morgan fingerprint density at radius 2 is 2.16 bits per heavy atom. The van der Waals surface area contributed by atoms with Gasteiger partial charge in [0.1, 0.15) is 0 Å². The highest BCUT2D eigenvalue weighted by atomic mass is 16.6. The molecular formula is C13H15N3O3. The summed E-state index contributed by atoms with van der Waals surface area (Å²) >= 11 is 0. The Morgan fingerprint density at radius 1 is 1.37 bits per heavy atom. The van der Waals surface area contributed by atoms with Gasteiger partial charge in [0.15, 0.2) is 0 Å². The fourth-order valence-electron chi connectivity index (χ4n) is 1.49. The van der Waals surface area contributed by atoms with Crippen LogP contribution in [0.4, 0.5) is 0 Å². The number of hydroxylamine groups is 1. The number of amides is 1. The number of nitrogens with one attached hydrogen (secondary N) is 1. The Kier molecular flexibility index (Phi) is 4.63. The molecular weight excluding hydrogens is 246 g/mol. The van der Waals surface area contributed by atoms with Crippen molar-refractivity contribution in [3.05, 3.63) is 36.2 Å². The van der Waals surface area contributed by atoms with Gasteiger partial charge in [0.2, 0.25) is 17.6 Å². The maximum absolute atomic E-state index is 11.3. The number of rotatable bonds is 6. The Bertz CT molecular complexity index is 525. The molecule has 0 atom stereocenters. The average molecular weight is 261 g/mol. The molecule has 2 rings (SSSR count). The van der Waals surface area contributed by atoms with Crippen LogP contribution >= 0.6 is 0 Å². The summed E-state index contributed by atoms with van der Waals surface area (Å²) in [4.78, 5) is 20.4. The molecule has 19 heavy (non-hydrogen) atoms. The SMILES string of the molecule is CCONC(=O)CCc1nc(-c2ccccc2)no1. The number of benzene rings is 1. The molecule has 0 saturated heterocycles. The molecule has 0 radical (unpaired) electrons. The summed E-state index contributed by atoms with van der Waals surface area (Å²) in [6, 6.07) is 9.53. The molecule has 0 aliphatic carbocycles. The van der Waals surface area contributed by atoms with Gasteiger partial charge in [-0.25, -0.2) is 5.48 Å². The van der Waals surface area contributed by atoms with Crippen LogP contribution in [0.15, 0.2) is 34.9 Å². The standard InChI is InChI=1S/C13H15N3O3/c1-2-18-15-11(17)8-9-12-14-13(16-19-12)10-6-4-3-5-7-10/h3-7H,2,8-9H2,1H3,(H,15,17). The molecule has 1 N–H and O–H groups in total. The van der Waals surface area contributed by atoms with Gasteiger partial charge in [0, 0.05) is 18.4 Å². The van der Waals surface area contributed by atoms with E-state index in [-0.39, 0.29) is 12.3 Å². The third-order valence-electron chi connectivity index (χ3n) is 2.40. The lowest BCUT2D eigenvalue weighted by Gasteiger charge is -2.00. The lowest BCUT2D eigenvalue weighted by Crippen LogP contribution is -2.23. The first-order valence-corrected chi connectivity index (χ1v) is 6.08. The molecule has 0 unspecified atom stereocenters. The van der Waals surface area contributed by atoms with E-state index >= 15 is 0 Å². The summed E-state index contributed by atoms with van der Waals surface area (Å²) in [7, 11) is 0. The van der Waals surface area contributed by atoms with Crippen LogP contribution in [0.3, 0.4) is 0 Å². The Morgan fingerprint density at radius 3 is 2.89 bits per heavy atom. The summed E-state index contributed by atoms with van der Waals surface area (Å²) in [6.45, 7) is 2.23. The molecule has 0 aliphatic heterocycles. The smallest absolute Gasteiger partial charge is 0.244 e. The fourth-order valence-corrected chi connectivity index (χ4v) is 1.49. The van der Waals surface area contributed by atoms with Gasteiger partial charge in [-0.3, -0.25) is 9.63 Å². The number of aromatic nitrogens is 2. The highest BCUT2D eigenvalue weighted by molar-refractivity contribution is 5.74. The van der Waals surface area contributed by atoms with Gasteiger partial charge in [-0.2, -0.15) is 4.98 Å². The van der Waals surface area contributed by atoms with Crippen LogP contribution in [0, 0.1) is 0 Å². The summed E-state index contributed by atoms with van der Waals surface area (Å²) in [5.74, 6) is 0.757. The van der Waals surface area contributed by atoms with Gasteiger partial charge >= 0.3 is 0 Å². The predicted octanol–water partition coefficient (Wildman–Crippen LogP) is 1.74. The minimum absolute atomic E-state index is 0.207. The van der Waals surface area contributed by atoms with E-state index < -0.39 is 0 Å². The Hall–Kier alpha value is -2.21. The van der Waals surface area contributed by atoms with Gasteiger partial charge in [0.05, 0.1) is 6.61 Å². The molecule has 0 spiro atoms. The quantitative estimate of drug-likeness (QED) is 0.801. The number of hydrogen-bond donors (Lipinski definition) is 1. The first kappa shape index (κ1) is 13.2. The third kappa shape index (κ3) is 3.89. The van der Waals surface area contributed by atoms with Gasteiger partial charge < -0.3 is 4.52 Å². The first-order valence-electron chi connectivity index (χ1n) is 6.08. The maximum Gasteiger partial charge on any atom is 0.244 e. The summed E-state index contributed by atoms with van der Waals surface area (Å²) in [6.07, 6.45) is 0.634. The van der Waals surface area contributed by atoms with E-state index in [1.807, 2.05) is 30.3 Å². The van der Waals surface area contributed by atoms with E-state index in [1.165, 1.54) is 0 Å². The van der Waals surface area contributed by atoms with E-state index in [4.69, 9.17) is 9.36 Å². The van der Waals surface area contributed by atoms with Crippen LogP contribution in [0.2, 0.25) is 0 Å². The zero-order chi connectivity index (χ0) is 13.5. The first-order chi connectivity index (χ1) is 9.29. The lowest BCUT2D eigenvalue weighted by atomic mass is 10.2. The van der Waals surface area contributed by atoms with Crippen molar-refractivity contribution in [3.63, 3.8) is 0 Å². The van der Waals surface area contributed by atoms with Gasteiger partial charge in [0.25, 0.3) is 0 Å². The van der Waals surface area contributed by atoms with Gasteiger partial charge in [-0.05, 0) is 6.92 Å². The molecule has 100 valence electrons. The second-order valence-corrected chi connectivity index (χ2v) is 3.84. The molecule has 1 amide bonds. The zero-order valence-electron chi connectivity index (χ0n) is 10.6. The fraction of sp³-hybridized carbons (Fsp3) is 0.308. The Labute approximate surface area is 110 Å². The molecule has 2 aromatic rings. The molecule has 1 aromatic carbocycles.